The highest BCUT2D eigenvalue weighted by atomic mass is 35.5. The molecule has 0 aliphatic carbocycles. The molecule has 104 valence electrons. The number of halogens is 2. The smallest absolute Gasteiger partial charge is 0.314 e. The van der Waals surface area contributed by atoms with E-state index in [0.29, 0.717) is 5.56 Å². The summed E-state index contributed by atoms with van der Waals surface area (Å²) in [5.41, 5.74) is -0.207. The molecule has 0 unspecified atom stereocenters. The summed E-state index contributed by atoms with van der Waals surface area (Å²) in [6.07, 6.45) is 0. The molecule has 0 heterocycles. The van der Waals surface area contributed by atoms with E-state index >= 15 is 0 Å². The van der Waals surface area contributed by atoms with E-state index in [1.165, 1.54) is 6.07 Å². The highest BCUT2D eigenvalue weighted by Crippen LogP contribution is 2.35. The van der Waals surface area contributed by atoms with Crippen LogP contribution in [0.3, 0.4) is 0 Å². The topological polar surface area (TPSA) is 72.6 Å². The second-order valence-corrected chi connectivity index (χ2v) is 4.25. The quantitative estimate of drug-likeness (QED) is 0.690. The molecule has 1 N–H and O–H groups in total. The van der Waals surface area contributed by atoms with Crippen LogP contribution < -0.4 is 4.74 Å². The van der Waals surface area contributed by atoms with Crippen molar-refractivity contribution in [3.05, 3.63) is 62.9 Å². The number of ether oxygens (including phenoxy) is 1. The van der Waals surface area contributed by atoms with Crippen LogP contribution in [0.5, 0.6) is 11.5 Å². The third kappa shape index (κ3) is 2.87. The van der Waals surface area contributed by atoms with Gasteiger partial charge in [0.2, 0.25) is 5.75 Å². The molecule has 2 aromatic carbocycles. The summed E-state index contributed by atoms with van der Waals surface area (Å²) in [6.45, 7) is -0.385. The summed E-state index contributed by atoms with van der Waals surface area (Å²) < 4.78 is 18.4. The Kier molecular flexibility index (Phi) is 4.16. The lowest BCUT2D eigenvalue weighted by molar-refractivity contribution is -0.385. The van der Waals surface area contributed by atoms with E-state index < -0.39 is 16.4 Å². The summed E-state index contributed by atoms with van der Waals surface area (Å²) in [5.74, 6) is -0.694. The highest BCUT2D eigenvalue weighted by molar-refractivity contribution is 6.31. The van der Waals surface area contributed by atoms with Gasteiger partial charge in [-0.05, 0) is 24.3 Å². The predicted molar refractivity (Wildman–Crippen MR) is 70.5 cm³/mol. The zero-order valence-corrected chi connectivity index (χ0v) is 10.8. The number of benzene rings is 2. The van der Waals surface area contributed by atoms with Gasteiger partial charge in [-0.3, -0.25) is 10.1 Å². The Balaban J connectivity index is 2.45. The van der Waals surface area contributed by atoms with Gasteiger partial charge in [0.15, 0.2) is 0 Å². The summed E-state index contributed by atoms with van der Waals surface area (Å²) in [6, 6.07) is 7.59. The van der Waals surface area contributed by atoms with E-state index in [1.807, 2.05) is 0 Å². The maximum Gasteiger partial charge on any atom is 0.314 e. The Bertz CT molecular complexity index is 663. The minimum atomic E-state index is -0.748. The number of aliphatic hydroxyl groups excluding tert-OH is 1. The van der Waals surface area contributed by atoms with Crippen molar-refractivity contribution in [3.63, 3.8) is 0 Å². The van der Waals surface area contributed by atoms with Gasteiger partial charge < -0.3 is 9.84 Å². The van der Waals surface area contributed by atoms with E-state index in [4.69, 9.17) is 16.3 Å². The fourth-order valence-electron chi connectivity index (χ4n) is 1.63. The second kappa shape index (κ2) is 5.85. The molecule has 5 nitrogen and oxygen atoms in total. The second-order valence-electron chi connectivity index (χ2n) is 3.85. The first-order valence-electron chi connectivity index (χ1n) is 5.53. The van der Waals surface area contributed by atoms with Gasteiger partial charge in [0.05, 0.1) is 17.6 Å². The van der Waals surface area contributed by atoms with E-state index in [1.54, 1.807) is 12.1 Å². The van der Waals surface area contributed by atoms with Crippen molar-refractivity contribution < 1.29 is 19.2 Å². The van der Waals surface area contributed by atoms with Gasteiger partial charge in [0.1, 0.15) is 11.6 Å². The zero-order valence-electron chi connectivity index (χ0n) is 10.0. The molecule has 0 spiro atoms. The number of nitro benzene ring substituents is 1. The molecule has 0 radical (unpaired) electrons. The first-order chi connectivity index (χ1) is 9.52. The molecule has 20 heavy (non-hydrogen) atoms. The fourth-order valence-corrected chi connectivity index (χ4v) is 1.85. The van der Waals surface area contributed by atoms with Crippen molar-refractivity contribution in [1.82, 2.24) is 0 Å². The fraction of sp³-hybridized carbons (Fsp3) is 0.0769. The maximum atomic E-state index is 13.0. The average Bonchev–Trinajstić information content (AvgIpc) is 2.41. The first-order valence-corrected chi connectivity index (χ1v) is 5.90. The van der Waals surface area contributed by atoms with E-state index in [-0.39, 0.29) is 23.1 Å². The van der Waals surface area contributed by atoms with Crippen molar-refractivity contribution in [3.8, 4) is 11.5 Å². The minimum absolute atomic E-state index is 0.131. The van der Waals surface area contributed by atoms with Crippen molar-refractivity contribution in [2.75, 3.05) is 0 Å². The molecule has 7 heteroatoms. The summed E-state index contributed by atoms with van der Waals surface area (Å²) >= 11 is 5.89. The SMILES string of the molecule is O=[N+]([O-])c1cc(F)ccc1Oc1cccc(Cl)c1CO. The van der Waals surface area contributed by atoms with Gasteiger partial charge in [-0.25, -0.2) is 4.39 Å². The molecule has 0 atom stereocenters. The molecule has 0 aliphatic rings. The summed E-state index contributed by atoms with van der Waals surface area (Å²) in [4.78, 5) is 10.1. The van der Waals surface area contributed by atoms with Crippen molar-refractivity contribution in [2.24, 2.45) is 0 Å². The normalized spacial score (nSPS) is 10.3. The molecule has 0 aliphatic heterocycles. The highest BCUT2D eigenvalue weighted by Gasteiger charge is 2.18. The largest absolute Gasteiger partial charge is 0.450 e. The van der Waals surface area contributed by atoms with E-state index in [9.17, 15) is 19.6 Å². The van der Waals surface area contributed by atoms with Gasteiger partial charge in [-0.1, -0.05) is 17.7 Å². The standard InChI is InChI=1S/C13H9ClFNO4/c14-10-2-1-3-12(9(10)7-17)20-13-5-4-8(15)6-11(13)16(18)19/h1-6,17H,7H2. The van der Waals surface area contributed by atoms with Crippen LogP contribution in [0.15, 0.2) is 36.4 Å². The van der Waals surface area contributed by atoms with E-state index in [2.05, 4.69) is 0 Å². The lowest BCUT2D eigenvalue weighted by Gasteiger charge is -2.11. The lowest BCUT2D eigenvalue weighted by atomic mass is 10.2. The Morgan fingerprint density at radius 2 is 2.05 bits per heavy atom. The Hall–Kier alpha value is -2.18. The van der Waals surface area contributed by atoms with Crippen LogP contribution in [0.4, 0.5) is 10.1 Å². The van der Waals surface area contributed by atoms with Crippen LogP contribution in [-0.2, 0) is 6.61 Å². The van der Waals surface area contributed by atoms with Crippen molar-refractivity contribution in [2.45, 2.75) is 6.61 Å². The van der Waals surface area contributed by atoms with Crippen LogP contribution in [-0.4, -0.2) is 10.0 Å². The number of rotatable bonds is 4. The number of hydrogen-bond acceptors (Lipinski definition) is 4. The summed E-state index contributed by atoms with van der Waals surface area (Å²) in [5, 5.41) is 20.4. The molecule has 2 aromatic rings. The van der Waals surface area contributed by atoms with Gasteiger partial charge in [0, 0.05) is 10.6 Å². The minimum Gasteiger partial charge on any atom is -0.450 e. The van der Waals surface area contributed by atoms with Gasteiger partial charge >= 0.3 is 5.69 Å². The first kappa shape index (κ1) is 14.2. The number of nitro groups is 1. The molecule has 0 bridgehead atoms. The van der Waals surface area contributed by atoms with Crippen LogP contribution in [0.25, 0.3) is 0 Å². The molecule has 0 saturated carbocycles. The predicted octanol–water partition coefficient (Wildman–Crippen LogP) is 3.67. The van der Waals surface area contributed by atoms with Crippen molar-refractivity contribution in [1.29, 1.82) is 0 Å². The zero-order chi connectivity index (χ0) is 14.7. The van der Waals surface area contributed by atoms with E-state index in [0.717, 1.165) is 18.2 Å². The number of aliphatic hydroxyl groups is 1. The summed E-state index contributed by atoms with van der Waals surface area (Å²) in [7, 11) is 0. The molecule has 0 aromatic heterocycles. The van der Waals surface area contributed by atoms with Crippen molar-refractivity contribution >= 4 is 17.3 Å². The van der Waals surface area contributed by atoms with Crippen LogP contribution in [0, 0.1) is 15.9 Å². The average molecular weight is 298 g/mol. The van der Waals surface area contributed by atoms with Gasteiger partial charge in [0.25, 0.3) is 0 Å². The molecule has 0 saturated heterocycles. The Labute approximate surface area is 118 Å². The van der Waals surface area contributed by atoms with Crippen LogP contribution in [0.1, 0.15) is 5.56 Å². The van der Waals surface area contributed by atoms with Crippen LogP contribution in [0.2, 0.25) is 5.02 Å². The third-order valence-corrected chi connectivity index (χ3v) is 2.93. The maximum absolute atomic E-state index is 13.0. The van der Waals surface area contributed by atoms with Crippen LogP contribution >= 0.6 is 11.6 Å². The number of hydrogen-bond donors (Lipinski definition) is 1. The Morgan fingerprint density at radius 1 is 1.30 bits per heavy atom. The van der Waals surface area contributed by atoms with Gasteiger partial charge in [-0.15, -0.1) is 0 Å². The molecular weight excluding hydrogens is 289 g/mol. The molecular formula is C13H9ClFNO4. The molecule has 0 fully saturated rings. The number of nitrogens with zero attached hydrogens (tertiary/aromatic N) is 1. The third-order valence-electron chi connectivity index (χ3n) is 2.57. The lowest BCUT2D eigenvalue weighted by Crippen LogP contribution is -1.97. The molecule has 2 rings (SSSR count). The monoisotopic (exact) mass is 297 g/mol. The van der Waals surface area contributed by atoms with Gasteiger partial charge in [-0.2, -0.15) is 0 Å². The Morgan fingerprint density at radius 3 is 2.70 bits per heavy atom. The molecule has 0 amide bonds.